The molecule has 1 aliphatic rings. The molecule has 0 bridgehead atoms. The Bertz CT molecular complexity index is 420. The number of nitrogens with one attached hydrogen (secondary N) is 1. The number of benzene rings is 1. The van der Waals surface area contributed by atoms with Crippen LogP contribution in [-0.2, 0) is 12.8 Å². The van der Waals surface area contributed by atoms with Crippen molar-refractivity contribution in [2.24, 2.45) is 11.3 Å². The van der Waals surface area contributed by atoms with E-state index in [4.69, 9.17) is 4.74 Å². The van der Waals surface area contributed by atoms with Crippen LogP contribution in [0.25, 0.3) is 0 Å². The molecule has 2 nitrogen and oxygen atoms in total. The van der Waals surface area contributed by atoms with Gasteiger partial charge in [0.2, 0.25) is 0 Å². The first-order valence-electron chi connectivity index (χ1n) is 7.42. The maximum absolute atomic E-state index is 5.53. The molecule has 0 spiro atoms. The third-order valence-electron chi connectivity index (χ3n) is 4.27. The fourth-order valence-electron chi connectivity index (χ4n) is 2.25. The van der Waals surface area contributed by atoms with Crippen molar-refractivity contribution in [3.8, 4) is 5.75 Å². The van der Waals surface area contributed by atoms with Gasteiger partial charge in [0.05, 0.1) is 6.61 Å². The van der Waals surface area contributed by atoms with E-state index in [0.717, 1.165) is 38.3 Å². The highest BCUT2D eigenvalue weighted by Crippen LogP contribution is 2.26. The van der Waals surface area contributed by atoms with Crippen LogP contribution in [0, 0.1) is 11.3 Å². The van der Waals surface area contributed by atoms with E-state index in [2.05, 4.69) is 51.2 Å². The quantitative estimate of drug-likeness (QED) is 0.820. The molecule has 1 aromatic rings. The topological polar surface area (TPSA) is 21.3 Å². The smallest absolute Gasteiger partial charge is 0.122 e. The minimum atomic E-state index is 0.387. The van der Waals surface area contributed by atoms with Crippen molar-refractivity contribution in [1.82, 2.24) is 5.32 Å². The highest BCUT2D eigenvalue weighted by molar-refractivity contribution is 5.39. The average Bonchev–Trinajstić information content (AvgIpc) is 2.80. The third kappa shape index (κ3) is 3.97. The van der Waals surface area contributed by atoms with Gasteiger partial charge in [-0.05, 0) is 48.0 Å². The minimum absolute atomic E-state index is 0.387. The fraction of sp³-hybridized carbons (Fsp3) is 0.647. The van der Waals surface area contributed by atoms with E-state index in [1.807, 2.05) is 0 Å². The molecule has 19 heavy (non-hydrogen) atoms. The molecule has 1 aromatic carbocycles. The van der Waals surface area contributed by atoms with Crippen LogP contribution in [0.15, 0.2) is 18.2 Å². The average molecular weight is 261 g/mol. The molecule has 2 heteroatoms. The van der Waals surface area contributed by atoms with Crippen LogP contribution in [0.1, 0.15) is 38.8 Å². The second-order valence-corrected chi connectivity index (χ2v) is 6.76. The Morgan fingerprint density at radius 2 is 2.11 bits per heavy atom. The molecule has 2 rings (SSSR count). The van der Waals surface area contributed by atoms with Gasteiger partial charge < -0.3 is 10.1 Å². The summed E-state index contributed by atoms with van der Waals surface area (Å²) in [5.41, 5.74) is 3.18. The molecular weight excluding hydrogens is 234 g/mol. The van der Waals surface area contributed by atoms with Crippen molar-refractivity contribution >= 4 is 0 Å². The van der Waals surface area contributed by atoms with Crippen LogP contribution < -0.4 is 10.1 Å². The number of rotatable bonds is 5. The maximum atomic E-state index is 5.53. The van der Waals surface area contributed by atoms with E-state index in [-0.39, 0.29) is 0 Å². The maximum Gasteiger partial charge on any atom is 0.122 e. The Morgan fingerprint density at radius 3 is 2.84 bits per heavy atom. The molecule has 1 N–H and O–H groups in total. The van der Waals surface area contributed by atoms with Gasteiger partial charge in [-0.1, -0.05) is 39.8 Å². The molecule has 1 unspecified atom stereocenters. The third-order valence-corrected chi connectivity index (χ3v) is 4.27. The summed E-state index contributed by atoms with van der Waals surface area (Å²) in [4.78, 5) is 0. The van der Waals surface area contributed by atoms with Gasteiger partial charge in [0.1, 0.15) is 5.75 Å². The summed E-state index contributed by atoms with van der Waals surface area (Å²) in [7, 11) is 0. The van der Waals surface area contributed by atoms with Gasteiger partial charge in [-0.15, -0.1) is 0 Å². The van der Waals surface area contributed by atoms with Crippen LogP contribution in [-0.4, -0.2) is 19.7 Å². The summed E-state index contributed by atoms with van der Waals surface area (Å²) in [6, 6.07) is 6.62. The molecule has 0 aliphatic carbocycles. The van der Waals surface area contributed by atoms with Crippen LogP contribution in [0.5, 0.6) is 5.75 Å². The van der Waals surface area contributed by atoms with Gasteiger partial charge >= 0.3 is 0 Å². The Morgan fingerprint density at radius 1 is 1.32 bits per heavy atom. The number of hydrogen-bond acceptors (Lipinski definition) is 2. The lowest BCUT2D eigenvalue weighted by atomic mass is 9.82. The molecule has 0 aromatic heterocycles. The van der Waals surface area contributed by atoms with E-state index in [9.17, 15) is 0 Å². The van der Waals surface area contributed by atoms with Gasteiger partial charge in [0.15, 0.2) is 0 Å². The van der Waals surface area contributed by atoms with Gasteiger partial charge in [0, 0.05) is 6.42 Å². The van der Waals surface area contributed by atoms with Crippen molar-refractivity contribution in [1.29, 1.82) is 0 Å². The number of ether oxygens (including phenoxy) is 1. The monoisotopic (exact) mass is 261 g/mol. The summed E-state index contributed by atoms with van der Waals surface area (Å²) in [5.74, 6) is 1.78. The van der Waals surface area contributed by atoms with E-state index in [0.29, 0.717) is 11.3 Å². The van der Waals surface area contributed by atoms with Crippen molar-refractivity contribution in [2.75, 3.05) is 19.7 Å². The fourth-order valence-corrected chi connectivity index (χ4v) is 2.25. The van der Waals surface area contributed by atoms with Crippen molar-refractivity contribution in [2.45, 2.75) is 40.5 Å². The Kier molecular flexibility index (Phi) is 4.51. The van der Waals surface area contributed by atoms with Crippen molar-refractivity contribution in [3.63, 3.8) is 0 Å². The largest absolute Gasteiger partial charge is 0.493 e. The van der Waals surface area contributed by atoms with Gasteiger partial charge in [-0.2, -0.15) is 0 Å². The van der Waals surface area contributed by atoms with Crippen molar-refractivity contribution < 1.29 is 4.74 Å². The summed E-state index contributed by atoms with van der Waals surface area (Å²) < 4.78 is 5.53. The van der Waals surface area contributed by atoms with E-state index >= 15 is 0 Å². The molecule has 0 saturated heterocycles. The second-order valence-electron chi connectivity index (χ2n) is 6.76. The zero-order chi connectivity index (χ0) is 13.9. The molecule has 1 heterocycles. The van der Waals surface area contributed by atoms with E-state index in [1.54, 1.807) is 0 Å². The normalized spacial score (nSPS) is 16.0. The predicted octanol–water partition coefficient (Wildman–Crippen LogP) is 3.44. The summed E-state index contributed by atoms with van der Waals surface area (Å²) in [6.07, 6.45) is 2.17. The van der Waals surface area contributed by atoms with E-state index in [1.165, 1.54) is 11.1 Å². The Labute approximate surface area is 117 Å². The minimum Gasteiger partial charge on any atom is -0.493 e. The van der Waals surface area contributed by atoms with Crippen LogP contribution in [0.4, 0.5) is 0 Å². The van der Waals surface area contributed by atoms with Crippen LogP contribution in [0.2, 0.25) is 0 Å². The highest BCUT2D eigenvalue weighted by atomic mass is 16.5. The zero-order valence-corrected chi connectivity index (χ0v) is 12.8. The zero-order valence-electron chi connectivity index (χ0n) is 12.8. The van der Waals surface area contributed by atoms with Crippen LogP contribution >= 0.6 is 0 Å². The Balaban J connectivity index is 1.74. The predicted molar refractivity (Wildman–Crippen MR) is 80.8 cm³/mol. The lowest BCUT2D eigenvalue weighted by Gasteiger charge is -2.27. The molecule has 0 amide bonds. The molecular formula is C17H27NO. The summed E-state index contributed by atoms with van der Waals surface area (Å²) in [5, 5.41) is 3.58. The number of hydrogen-bond donors (Lipinski definition) is 1. The first kappa shape index (κ1) is 14.4. The van der Waals surface area contributed by atoms with Gasteiger partial charge in [-0.3, -0.25) is 0 Å². The standard InChI is InChI=1S/C17H27NO/c1-13(17(2,3)4)12-18-9-7-14-5-6-16-15(11-14)8-10-19-16/h5-6,11,13,18H,7-10,12H2,1-4H3. The van der Waals surface area contributed by atoms with Crippen LogP contribution in [0.3, 0.4) is 0 Å². The summed E-state index contributed by atoms with van der Waals surface area (Å²) >= 11 is 0. The Hall–Kier alpha value is -1.02. The second kappa shape index (κ2) is 5.96. The first-order chi connectivity index (χ1) is 8.97. The highest BCUT2D eigenvalue weighted by Gasteiger charge is 2.19. The molecule has 0 radical (unpaired) electrons. The molecule has 0 fully saturated rings. The lowest BCUT2D eigenvalue weighted by molar-refractivity contribution is 0.253. The molecule has 1 aliphatic heterocycles. The van der Waals surface area contributed by atoms with Crippen molar-refractivity contribution in [3.05, 3.63) is 29.3 Å². The first-order valence-corrected chi connectivity index (χ1v) is 7.42. The summed E-state index contributed by atoms with van der Waals surface area (Å²) in [6.45, 7) is 12.2. The molecule has 1 atom stereocenters. The molecule has 106 valence electrons. The lowest BCUT2D eigenvalue weighted by Crippen LogP contribution is -2.30. The van der Waals surface area contributed by atoms with Gasteiger partial charge in [0.25, 0.3) is 0 Å². The SMILES string of the molecule is CC(CNCCc1ccc2c(c1)CCO2)C(C)(C)C. The van der Waals surface area contributed by atoms with E-state index < -0.39 is 0 Å². The van der Waals surface area contributed by atoms with Gasteiger partial charge in [-0.25, -0.2) is 0 Å². The number of fused-ring (bicyclic) bond motifs is 1. The molecule has 0 saturated carbocycles.